The van der Waals surface area contributed by atoms with Gasteiger partial charge in [-0.3, -0.25) is 14.5 Å². The SMILES string of the molecule is CCc1ccccc1N(C(=O)Cn1nnc2ccccc21)[C@H](C(=O)NCCOC)c1cccs1. The lowest BCUT2D eigenvalue weighted by Gasteiger charge is -2.32. The number of nitrogens with zero attached hydrogens (tertiary/aromatic N) is 4. The Bertz CT molecular complexity index is 1250. The number of para-hydroxylation sites is 2. The van der Waals surface area contributed by atoms with E-state index in [0.717, 1.165) is 16.0 Å². The molecule has 0 aliphatic rings. The first-order valence-corrected chi connectivity index (χ1v) is 12.0. The molecule has 0 saturated heterocycles. The van der Waals surface area contributed by atoms with E-state index in [1.807, 2.05) is 73.0 Å². The lowest BCUT2D eigenvalue weighted by atomic mass is 10.1. The number of ether oxygens (including phenoxy) is 1. The van der Waals surface area contributed by atoms with Gasteiger partial charge in [0, 0.05) is 24.2 Å². The molecule has 176 valence electrons. The summed E-state index contributed by atoms with van der Waals surface area (Å²) in [6, 6.07) is 18.1. The summed E-state index contributed by atoms with van der Waals surface area (Å²) >= 11 is 1.44. The second-order valence-electron chi connectivity index (χ2n) is 7.68. The van der Waals surface area contributed by atoms with E-state index in [1.165, 1.54) is 11.3 Å². The zero-order chi connectivity index (χ0) is 23.9. The molecule has 2 aromatic heterocycles. The van der Waals surface area contributed by atoms with Gasteiger partial charge in [0.15, 0.2) is 0 Å². The molecular formula is C25H27N5O3S. The van der Waals surface area contributed by atoms with Gasteiger partial charge in [-0.05, 0) is 41.6 Å². The molecular weight excluding hydrogens is 450 g/mol. The van der Waals surface area contributed by atoms with Crippen LogP contribution >= 0.6 is 11.3 Å². The Morgan fingerprint density at radius 3 is 2.68 bits per heavy atom. The molecule has 0 spiro atoms. The third kappa shape index (κ3) is 5.00. The standard InChI is InChI=1S/C25H27N5O3S/c1-3-18-9-4-6-11-20(18)30(23(31)17-29-21-12-7-5-10-19(21)27-28-29)24(22-13-8-16-34-22)25(32)26-14-15-33-2/h4-13,16,24H,3,14-15,17H2,1-2H3,(H,26,32)/t24-/m0/s1. The Balaban J connectivity index is 1.77. The molecule has 8 nitrogen and oxygen atoms in total. The van der Waals surface area contributed by atoms with E-state index in [1.54, 1.807) is 16.7 Å². The maximum absolute atomic E-state index is 13.9. The van der Waals surface area contributed by atoms with E-state index in [-0.39, 0.29) is 18.4 Å². The summed E-state index contributed by atoms with van der Waals surface area (Å²) in [5.41, 5.74) is 3.16. The molecule has 0 bridgehead atoms. The van der Waals surface area contributed by atoms with Gasteiger partial charge in [-0.2, -0.15) is 0 Å². The van der Waals surface area contributed by atoms with Crippen LogP contribution in [0.5, 0.6) is 0 Å². The van der Waals surface area contributed by atoms with Crippen molar-refractivity contribution in [2.45, 2.75) is 25.9 Å². The number of hydrogen-bond acceptors (Lipinski definition) is 6. The second kappa shape index (κ2) is 11.0. The molecule has 2 amide bonds. The molecule has 0 fully saturated rings. The highest BCUT2D eigenvalue weighted by atomic mass is 32.1. The molecule has 0 aliphatic heterocycles. The van der Waals surface area contributed by atoms with Crippen LogP contribution in [-0.2, 0) is 27.3 Å². The Labute approximate surface area is 202 Å². The number of rotatable bonds is 10. The van der Waals surface area contributed by atoms with Gasteiger partial charge in [0.25, 0.3) is 0 Å². The van der Waals surface area contributed by atoms with Crippen molar-refractivity contribution in [3.8, 4) is 0 Å². The number of nitrogens with one attached hydrogen (secondary N) is 1. The number of hydrogen-bond donors (Lipinski definition) is 1. The summed E-state index contributed by atoms with van der Waals surface area (Å²) in [7, 11) is 1.58. The first kappa shape index (κ1) is 23.6. The molecule has 0 unspecified atom stereocenters. The second-order valence-corrected chi connectivity index (χ2v) is 8.66. The Kier molecular flexibility index (Phi) is 7.66. The van der Waals surface area contributed by atoms with E-state index in [4.69, 9.17) is 4.74 Å². The molecule has 4 rings (SSSR count). The third-order valence-electron chi connectivity index (χ3n) is 5.53. The van der Waals surface area contributed by atoms with Gasteiger partial charge in [0.05, 0.1) is 12.1 Å². The summed E-state index contributed by atoms with van der Waals surface area (Å²) in [4.78, 5) is 29.8. The van der Waals surface area contributed by atoms with Crippen LogP contribution in [0.3, 0.4) is 0 Å². The minimum atomic E-state index is -0.827. The van der Waals surface area contributed by atoms with Crippen LogP contribution in [0, 0.1) is 0 Å². The van der Waals surface area contributed by atoms with Crippen molar-refractivity contribution in [3.05, 3.63) is 76.5 Å². The van der Waals surface area contributed by atoms with Crippen molar-refractivity contribution in [3.63, 3.8) is 0 Å². The quantitative estimate of drug-likeness (QED) is 0.353. The third-order valence-corrected chi connectivity index (χ3v) is 6.46. The van der Waals surface area contributed by atoms with Crippen molar-refractivity contribution in [2.75, 3.05) is 25.2 Å². The van der Waals surface area contributed by atoms with Crippen molar-refractivity contribution in [1.29, 1.82) is 0 Å². The molecule has 0 saturated carbocycles. The van der Waals surface area contributed by atoms with E-state index in [0.29, 0.717) is 30.8 Å². The minimum Gasteiger partial charge on any atom is -0.383 e. The number of thiophene rings is 1. The summed E-state index contributed by atoms with van der Waals surface area (Å²) in [5.74, 6) is -0.515. The zero-order valence-corrected chi connectivity index (χ0v) is 20.0. The van der Waals surface area contributed by atoms with E-state index in [2.05, 4.69) is 15.6 Å². The minimum absolute atomic E-state index is 0.0498. The molecule has 4 aromatic rings. The highest BCUT2D eigenvalue weighted by Gasteiger charge is 2.34. The van der Waals surface area contributed by atoms with Crippen molar-refractivity contribution in [2.24, 2.45) is 0 Å². The Morgan fingerprint density at radius 2 is 1.91 bits per heavy atom. The highest BCUT2D eigenvalue weighted by Crippen LogP contribution is 2.33. The molecule has 2 aromatic carbocycles. The van der Waals surface area contributed by atoms with Crippen LogP contribution in [0.2, 0.25) is 0 Å². The lowest BCUT2D eigenvalue weighted by molar-refractivity contribution is -0.127. The van der Waals surface area contributed by atoms with Crippen LogP contribution in [0.25, 0.3) is 11.0 Å². The fourth-order valence-electron chi connectivity index (χ4n) is 3.89. The maximum atomic E-state index is 13.9. The summed E-state index contributed by atoms with van der Waals surface area (Å²) in [5, 5.41) is 13.2. The highest BCUT2D eigenvalue weighted by molar-refractivity contribution is 7.10. The predicted octanol–water partition coefficient (Wildman–Crippen LogP) is 3.59. The fourth-order valence-corrected chi connectivity index (χ4v) is 4.71. The largest absolute Gasteiger partial charge is 0.383 e. The predicted molar refractivity (Wildman–Crippen MR) is 133 cm³/mol. The van der Waals surface area contributed by atoms with E-state index in [9.17, 15) is 9.59 Å². The van der Waals surface area contributed by atoms with Crippen LogP contribution in [0.15, 0.2) is 66.0 Å². The van der Waals surface area contributed by atoms with E-state index >= 15 is 0 Å². The number of fused-ring (bicyclic) bond motifs is 1. The molecule has 0 aliphatic carbocycles. The summed E-state index contributed by atoms with van der Waals surface area (Å²) in [6.07, 6.45) is 0.717. The normalized spacial score (nSPS) is 11.9. The van der Waals surface area contributed by atoms with Crippen molar-refractivity contribution >= 4 is 39.9 Å². The van der Waals surface area contributed by atoms with Crippen molar-refractivity contribution in [1.82, 2.24) is 20.3 Å². The van der Waals surface area contributed by atoms with Gasteiger partial charge in [-0.25, -0.2) is 4.68 Å². The lowest BCUT2D eigenvalue weighted by Crippen LogP contribution is -2.46. The fraction of sp³-hybridized carbons (Fsp3) is 0.280. The average molecular weight is 478 g/mol. The maximum Gasteiger partial charge on any atom is 0.249 e. The number of methoxy groups -OCH3 is 1. The number of carbonyl (C=O) groups is 2. The van der Waals surface area contributed by atoms with Crippen LogP contribution in [0.1, 0.15) is 23.4 Å². The van der Waals surface area contributed by atoms with Gasteiger partial charge in [0.1, 0.15) is 18.1 Å². The van der Waals surface area contributed by atoms with Gasteiger partial charge in [-0.15, -0.1) is 16.4 Å². The first-order valence-electron chi connectivity index (χ1n) is 11.1. The average Bonchev–Trinajstić information content (AvgIpc) is 3.53. The van der Waals surface area contributed by atoms with Gasteiger partial charge >= 0.3 is 0 Å². The van der Waals surface area contributed by atoms with Crippen molar-refractivity contribution < 1.29 is 14.3 Å². The molecule has 1 N–H and O–H groups in total. The van der Waals surface area contributed by atoms with Crippen LogP contribution in [-0.4, -0.2) is 47.1 Å². The van der Waals surface area contributed by atoms with Gasteiger partial charge < -0.3 is 10.1 Å². The number of amides is 2. The Hall–Kier alpha value is -3.56. The van der Waals surface area contributed by atoms with Gasteiger partial charge in [-0.1, -0.05) is 48.5 Å². The number of anilines is 1. The molecule has 0 radical (unpaired) electrons. The smallest absolute Gasteiger partial charge is 0.249 e. The topological polar surface area (TPSA) is 89.4 Å². The van der Waals surface area contributed by atoms with Crippen LogP contribution in [0.4, 0.5) is 5.69 Å². The molecule has 1 atom stereocenters. The number of aryl methyl sites for hydroxylation is 1. The number of aromatic nitrogens is 3. The zero-order valence-electron chi connectivity index (χ0n) is 19.2. The molecule has 2 heterocycles. The Morgan fingerprint density at radius 1 is 1.12 bits per heavy atom. The number of carbonyl (C=O) groups excluding carboxylic acids is 2. The van der Waals surface area contributed by atoms with E-state index < -0.39 is 6.04 Å². The summed E-state index contributed by atoms with van der Waals surface area (Å²) < 4.78 is 6.67. The molecule has 34 heavy (non-hydrogen) atoms. The van der Waals surface area contributed by atoms with Gasteiger partial charge in [0.2, 0.25) is 11.8 Å². The number of benzene rings is 2. The molecule has 9 heteroatoms. The summed E-state index contributed by atoms with van der Waals surface area (Å²) in [6.45, 7) is 2.72. The first-order chi connectivity index (χ1) is 16.6. The van der Waals surface area contributed by atoms with Crippen LogP contribution < -0.4 is 10.2 Å². The monoisotopic (exact) mass is 477 g/mol.